The maximum Gasteiger partial charge on any atom is 0.327 e. The van der Waals surface area contributed by atoms with Gasteiger partial charge in [-0.05, 0) is 30.7 Å². The zero-order chi connectivity index (χ0) is 17.8. The summed E-state index contributed by atoms with van der Waals surface area (Å²) in [6, 6.07) is 13.9. The fourth-order valence-electron chi connectivity index (χ4n) is 3.04. The fraction of sp³-hybridized carbons (Fsp3) is 0.263. The first-order chi connectivity index (χ1) is 12.2. The molecule has 25 heavy (non-hydrogen) atoms. The highest BCUT2D eigenvalue weighted by Gasteiger charge is 2.38. The number of para-hydroxylation sites is 3. The molecule has 0 bridgehead atoms. The SMILES string of the molecule is CCOc1ccccc1NC(=O)N1c2ccccc2CC1C(=O)NC. The molecule has 6 heteroatoms. The Morgan fingerprint density at radius 2 is 1.88 bits per heavy atom. The van der Waals surface area contributed by atoms with Gasteiger partial charge < -0.3 is 15.4 Å². The number of urea groups is 1. The summed E-state index contributed by atoms with van der Waals surface area (Å²) in [6.07, 6.45) is 0.496. The minimum atomic E-state index is -0.568. The van der Waals surface area contributed by atoms with E-state index in [1.54, 1.807) is 19.2 Å². The monoisotopic (exact) mass is 339 g/mol. The Labute approximate surface area is 146 Å². The Bertz CT molecular complexity index is 791. The number of anilines is 2. The van der Waals surface area contributed by atoms with E-state index in [0.29, 0.717) is 24.5 Å². The fourth-order valence-corrected chi connectivity index (χ4v) is 3.04. The quantitative estimate of drug-likeness (QED) is 0.900. The summed E-state index contributed by atoms with van der Waals surface area (Å²) >= 11 is 0. The van der Waals surface area contributed by atoms with Gasteiger partial charge in [0.25, 0.3) is 0 Å². The Morgan fingerprint density at radius 1 is 1.16 bits per heavy atom. The lowest BCUT2D eigenvalue weighted by molar-refractivity contribution is -0.121. The first-order valence-electron chi connectivity index (χ1n) is 8.27. The van der Waals surface area contributed by atoms with Gasteiger partial charge in [-0.15, -0.1) is 0 Å². The molecule has 2 aromatic carbocycles. The summed E-state index contributed by atoms with van der Waals surface area (Å²) in [5.74, 6) is 0.409. The predicted octanol–water partition coefficient (Wildman–Crippen LogP) is 2.79. The van der Waals surface area contributed by atoms with Gasteiger partial charge >= 0.3 is 6.03 Å². The number of likely N-dealkylation sites (N-methyl/N-ethyl adjacent to an activating group) is 1. The molecule has 0 spiro atoms. The standard InChI is InChI=1S/C19H21N3O3/c1-3-25-17-11-7-5-9-14(17)21-19(24)22-15-10-6-4-8-13(15)12-16(22)18(23)20-2/h4-11,16H,3,12H2,1-2H3,(H,20,23)(H,21,24). The molecule has 6 nitrogen and oxygen atoms in total. The topological polar surface area (TPSA) is 70.7 Å². The molecule has 1 aliphatic rings. The first-order valence-corrected chi connectivity index (χ1v) is 8.27. The van der Waals surface area contributed by atoms with Crippen LogP contribution in [-0.2, 0) is 11.2 Å². The van der Waals surface area contributed by atoms with Crippen molar-refractivity contribution in [2.45, 2.75) is 19.4 Å². The largest absolute Gasteiger partial charge is 0.492 e. The second-order valence-electron chi connectivity index (χ2n) is 5.69. The van der Waals surface area contributed by atoms with Crippen molar-refractivity contribution < 1.29 is 14.3 Å². The van der Waals surface area contributed by atoms with Crippen molar-refractivity contribution in [2.75, 3.05) is 23.9 Å². The second kappa shape index (κ2) is 7.25. The number of fused-ring (bicyclic) bond motifs is 1. The third-order valence-corrected chi connectivity index (χ3v) is 4.17. The van der Waals surface area contributed by atoms with E-state index >= 15 is 0 Å². The van der Waals surface area contributed by atoms with Gasteiger partial charge in [0.05, 0.1) is 12.3 Å². The van der Waals surface area contributed by atoms with Crippen LogP contribution >= 0.6 is 0 Å². The zero-order valence-electron chi connectivity index (χ0n) is 14.3. The maximum absolute atomic E-state index is 12.9. The van der Waals surface area contributed by atoms with E-state index in [9.17, 15) is 9.59 Å². The van der Waals surface area contributed by atoms with E-state index in [0.717, 1.165) is 11.3 Å². The number of ether oxygens (including phenoxy) is 1. The summed E-state index contributed by atoms with van der Waals surface area (Å²) in [4.78, 5) is 26.7. The molecule has 1 aliphatic heterocycles. The van der Waals surface area contributed by atoms with Crippen molar-refractivity contribution in [3.05, 3.63) is 54.1 Å². The number of hydrogen-bond acceptors (Lipinski definition) is 3. The Kier molecular flexibility index (Phi) is 4.88. The molecule has 3 rings (SSSR count). The molecule has 1 unspecified atom stereocenters. The van der Waals surface area contributed by atoms with Gasteiger partial charge in [-0.3, -0.25) is 9.69 Å². The summed E-state index contributed by atoms with van der Waals surface area (Å²) in [6.45, 7) is 2.39. The molecule has 0 fully saturated rings. The molecular weight excluding hydrogens is 318 g/mol. The van der Waals surface area contributed by atoms with Gasteiger partial charge in [0.2, 0.25) is 5.91 Å². The normalized spacial score (nSPS) is 15.4. The van der Waals surface area contributed by atoms with Crippen molar-refractivity contribution in [3.63, 3.8) is 0 Å². The van der Waals surface area contributed by atoms with Crippen LogP contribution in [0.15, 0.2) is 48.5 Å². The number of hydrogen-bond donors (Lipinski definition) is 2. The third kappa shape index (κ3) is 3.28. The molecule has 1 atom stereocenters. The van der Waals surface area contributed by atoms with Gasteiger partial charge in [-0.1, -0.05) is 30.3 Å². The molecule has 3 amide bonds. The smallest absolute Gasteiger partial charge is 0.327 e. The lowest BCUT2D eigenvalue weighted by Crippen LogP contribution is -2.48. The van der Waals surface area contributed by atoms with Crippen LogP contribution in [0, 0.1) is 0 Å². The molecule has 2 aromatic rings. The number of nitrogens with one attached hydrogen (secondary N) is 2. The number of rotatable bonds is 4. The Balaban J connectivity index is 1.90. The highest BCUT2D eigenvalue weighted by Crippen LogP contribution is 2.33. The van der Waals surface area contributed by atoms with Crippen LogP contribution in [0.2, 0.25) is 0 Å². The van der Waals surface area contributed by atoms with E-state index in [4.69, 9.17) is 4.74 Å². The summed E-state index contributed by atoms with van der Waals surface area (Å²) in [7, 11) is 1.58. The van der Waals surface area contributed by atoms with E-state index in [1.807, 2.05) is 43.3 Å². The lowest BCUT2D eigenvalue weighted by Gasteiger charge is -2.25. The average Bonchev–Trinajstić information content (AvgIpc) is 3.02. The first kappa shape index (κ1) is 16.8. The van der Waals surface area contributed by atoms with Crippen LogP contribution in [0.5, 0.6) is 5.75 Å². The van der Waals surface area contributed by atoms with Gasteiger partial charge in [0.1, 0.15) is 11.8 Å². The summed E-state index contributed by atoms with van der Waals surface area (Å²) in [5.41, 5.74) is 2.31. The molecule has 0 aliphatic carbocycles. The van der Waals surface area contributed by atoms with E-state index in [-0.39, 0.29) is 11.9 Å². The molecule has 0 radical (unpaired) electrons. The summed E-state index contributed by atoms with van der Waals surface area (Å²) in [5, 5.41) is 5.51. The lowest BCUT2D eigenvalue weighted by atomic mass is 10.1. The van der Waals surface area contributed by atoms with Gasteiger partial charge in [0.15, 0.2) is 0 Å². The zero-order valence-corrected chi connectivity index (χ0v) is 14.3. The highest BCUT2D eigenvalue weighted by atomic mass is 16.5. The third-order valence-electron chi connectivity index (χ3n) is 4.17. The van der Waals surface area contributed by atoms with Crippen LogP contribution in [0.4, 0.5) is 16.2 Å². The van der Waals surface area contributed by atoms with E-state index in [1.165, 1.54) is 4.90 Å². The molecule has 0 aromatic heterocycles. The minimum absolute atomic E-state index is 0.190. The number of amides is 3. The number of carbonyl (C=O) groups excluding carboxylic acids is 2. The minimum Gasteiger partial charge on any atom is -0.492 e. The molecule has 130 valence electrons. The van der Waals surface area contributed by atoms with Gasteiger partial charge in [0, 0.05) is 19.2 Å². The number of nitrogens with zero attached hydrogens (tertiary/aromatic N) is 1. The molecule has 0 saturated heterocycles. The van der Waals surface area contributed by atoms with Crippen molar-refractivity contribution >= 4 is 23.3 Å². The molecule has 2 N–H and O–H groups in total. The van der Waals surface area contributed by atoms with E-state index in [2.05, 4.69) is 10.6 Å². The molecule has 1 heterocycles. The van der Waals surface area contributed by atoms with Crippen molar-refractivity contribution in [1.29, 1.82) is 0 Å². The van der Waals surface area contributed by atoms with E-state index < -0.39 is 6.04 Å². The maximum atomic E-state index is 12.9. The molecule has 0 saturated carbocycles. The Hall–Kier alpha value is -3.02. The average molecular weight is 339 g/mol. The summed E-state index contributed by atoms with van der Waals surface area (Å²) < 4.78 is 5.55. The van der Waals surface area contributed by atoms with Crippen LogP contribution in [0.3, 0.4) is 0 Å². The highest BCUT2D eigenvalue weighted by molar-refractivity contribution is 6.08. The Morgan fingerprint density at radius 3 is 2.64 bits per heavy atom. The van der Waals surface area contributed by atoms with Crippen LogP contribution in [0.25, 0.3) is 0 Å². The van der Waals surface area contributed by atoms with Crippen LogP contribution in [-0.4, -0.2) is 31.6 Å². The van der Waals surface area contributed by atoms with Crippen LogP contribution in [0.1, 0.15) is 12.5 Å². The van der Waals surface area contributed by atoms with Crippen LogP contribution < -0.4 is 20.3 Å². The van der Waals surface area contributed by atoms with Crippen molar-refractivity contribution in [1.82, 2.24) is 5.32 Å². The second-order valence-corrected chi connectivity index (χ2v) is 5.69. The predicted molar refractivity (Wildman–Crippen MR) is 97.1 cm³/mol. The molecular formula is C19H21N3O3. The van der Waals surface area contributed by atoms with Gasteiger partial charge in [-0.25, -0.2) is 4.79 Å². The van der Waals surface area contributed by atoms with Crippen molar-refractivity contribution in [3.8, 4) is 5.75 Å². The number of benzene rings is 2. The number of carbonyl (C=O) groups is 2. The van der Waals surface area contributed by atoms with Crippen molar-refractivity contribution in [2.24, 2.45) is 0 Å². The van der Waals surface area contributed by atoms with Gasteiger partial charge in [-0.2, -0.15) is 0 Å².